The molecule has 26 heteroatoms. The molecule has 10 N–H and O–H groups in total. The molecule has 2 heterocycles. The number of rotatable bonds is 71. The Morgan fingerprint density at radius 2 is 0.664 bits per heavy atom. The van der Waals surface area contributed by atoms with E-state index in [1.807, 2.05) is 0 Å². The molecule has 1 aliphatic carbocycles. The van der Waals surface area contributed by atoms with Crippen molar-refractivity contribution in [3.05, 3.63) is 36.5 Å². The highest BCUT2D eigenvalue weighted by Gasteiger charge is 2.60. The van der Waals surface area contributed by atoms with Crippen molar-refractivity contribution in [3.63, 3.8) is 0 Å². The Balaban J connectivity index is 1.95. The van der Waals surface area contributed by atoms with Gasteiger partial charge in [-0.2, -0.15) is 0 Å². The van der Waals surface area contributed by atoms with Gasteiger partial charge >= 0.3 is 31.7 Å². The molecule has 113 heavy (non-hydrogen) atoms. The Kier molecular flexibility index (Phi) is 61.1. The molecule has 660 valence electrons. The van der Waals surface area contributed by atoms with E-state index in [-0.39, 0.29) is 25.7 Å². The normalized spacial score (nSPS) is 25.6. The molecular weight excluding hydrogens is 1480 g/mol. The van der Waals surface area contributed by atoms with Gasteiger partial charge in [-0.25, -0.2) is 4.57 Å². The van der Waals surface area contributed by atoms with Crippen LogP contribution in [0.5, 0.6) is 0 Å². The van der Waals surface area contributed by atoms with Gasteiger partial charge in [0.25, 0.3) is 0 Å². The van der Waals surface area contributed by atoms with Gasteiger partial charge in [0.1, 0.15) is 92.6 Å². The lowest BCUT2D eigenvalue weighted by molar-refractivity contribution is -0.360. The molecule has 0 bridgehead atoms. The number of unbranched alkanes of at least 4 members (excludes halogenated alkanes) is 41. The fourth-order valence-corrected chi connectivity index (χ4v) is 15.4. The largest absolute Gasteiger partial charge is 0.472 e. The second-order valence-electron chi connectivity index (χ2n) is 31.7. The first-order valence-electron chi connectivity index (χ1n) is 44.7. The highest BCUT2D eigenvalue weighted by molar-refractivity contribution is 7.47. The minimum Gasteiger partial charge on any atom is -0.463 e. The second-order valence-corrected chi connectivity index (χ2v) is 33.1. The predicted octanol–water partition coefficient (Wildman–Crippen LogP) is 15.5. The van der Waals surface area contributed by atoms with Crippen molar-refractivity contribution >= 4 is 31.7 Å². The van der Waals surface area contributed by atoms with E-state index in [1.165, 1.54) is 135 Å². The number of esters is 4. The summed E-state index contributed by atoms with van der Waals surface area (Å²) in [5, 5.41) is 102. The Hall–Kier alpha value is -3.31. The maximum absolute atomic E-state index is 14.9. The number of aliphatic hydroxyl groups is 9. The van der Waals surface area contributed by atoms with Crippen molar-refractivity contribution in [2.45, 2.75) is 466 Å². The van der Waals surface area contributed by atoms with Crippen molar-refractivity contribution < 1.29 is 122 Å². The van der Waals surface area contributed by atoms with Crippen LogP contribution < -0.4 is 0 Å². The zero-order chi connectivity index (χ0) is 82.5. The molecule has 0 aromatic carbocycles. The molecule has 0 spiro atoms. The van der Waals surface area contributed by atoms with Crippen molar-refractivity contribution in [1.29, 1.82) is 0 Å². The number of hydrogen-bond donors (Lipinski definition) is 10. The van der Waals surface area contributed by atoms with Gasteiger partial charge in [-0.15, -0.1) is 0 Å². The predicted molar refractivity (Wildman–Crippen MR) is 435 cm³/mol. The lowest BCUT2D eigenvalue weighted by Gasteiger charge is -2.50. The first-order valence-corrected chi connectivity index (χ1v) is 46.2. The lowest BCUT2D eigenvalue weighted by Crippen LogP contribution is -2.70. The van der Waals surface area contributed by atoms with E-state index >= 15 is 0 Å². The molecule has 2 saturated heterocycles. The summed E-state index contributed by atoms with van der Waals surface area (Å²) in [7, 11) is -5.81. The maximum atomic E-state index is 14.9. The molecule has 3 aliphatic rings. The molecule has 0 aromatic rings. The molecule has 1 saturated carbocycles. The van der Waals surface area contributed by atoms with Crippen LogP contribution in [0.15, 0.2) is 36.5 Å². The van der Waals surface area contributed by atoms with Crippen LogP contribution in [0.4, 0.5) is 0 Å². The SMILES string of the molecule is CCCCCC/C=C\CCCCCCCCCC(=O)OC1C(O)C(O)C(OC2OC(CO)C(O)C(O)C2O)C(OP(=O)(O)OCC(COC(=O)CCCCCCCCCCCCCCC)OC(=O)CCCCC/C=C\CCCCCCCC)C1OC1OC(COC(=O)CCCCC/C=C\CCCCCCCC)C(O)C(O)C1O. The summed E-state index contributed by atoms with van der Waals surface area (Å²) in [5.41, 5.74) is 0. The smallest absolute Gasteiger partial charge is 0.463 e. The van der Waals surface area contributed by atoms with Crippen LogP contribution in [0.25, 0.3) is 0 Å². The van der Waals surface area contributed by atoms with Crippen LogP contribution in [0.3, 0.4) is 0 Å². The average molecular weight is 1630 g/mol. The van der Waals surface area contributed by atoms with Crippen LogP contribution in [-0.4, -0.2) is 205 Å². The van der Waals surface area contributed by atoms with Crippen LogP contribution in [0.1, 0.15) is 362 Å². The lowest BCUT2D eigenvalue weighted by atomic mass is 9.84. The maximum Gasteiger partial charge on any atom is 0.472 e. The molecule has 2 aliphatic heterocycles. The van der Waals surface area contributed by atoms with Crippen LogP contribution in [0.2, 0.25) is 0 Å². The first-order chi connectivity index (χ1) is 54.7. The standard InChI is InChI=1S/C87H157O25P/c1-5-9-13-17-21-25-29-33-34-38-42-46-50-54-58-62-73(92)109-82-78(97)79(98)83(110-86-80(99)76(95)74(93)68(63-88)107-86)85(84(82)111-87-81(100)77(96)75(94)69(108-87)66-104-71(90)60-56-52-48-44-40-36-31-27-23-19-15-11-7-3)112-113(101,102)105-65-67(106-72(91)61-57-53-49-45-41-37-32-28-24-20-16-12-8-4)64-103-70(89)59-55-51-47-43-39-35-30-26-22-18-14-10-6-2/h25,29,36-37,40-41,67-69,74-88,93-100H,5-24,26-28,30-35,38-39,42-66H2,1-4H3,(H,101,102)/b29-25-,40-36-,41-37-. The van der Waals surface area contributed by atoms with Crippen molar-refractivity contribution in [1.82, 2.24) is 0 Å². The zero-order valence-corrected chi connectivity index (χ0v) is 70.8. The molecular formula is C87H157O25P. The number of phosphoric ester groups is 1. The molecule has 18 atom stereocenters. The molecule has 18 unspecified atom stereocenters. The highest BCUT2D eigenvalue weighted by Crippen LogP contribution is 2.49. The minimum absolute atomic E-state index is 0.00811. The monoisotopic (exact) mass is 1630 g/mol. The van der Waals surface area contributed by atoms with Crippen LogP contribution in [0, 0.1) is 0 Å². The van der Waals surface area contributed by atoms with E-state index in [0.717, 1.165) is 128 Å². The van der Waals surface area contributed by atoms with Crippen LogP contribution in [-0.2, 0) is 70.7 Å². The van der Waals surface area contributed by atoms with Crippen molar-refractivity contribution in [3.8, 4) is 0 Å². The van der Waals surface area contributed by atoms with E-state index in [1.54, 1.807) is 0 Å². The van der Waals surface area contributed by atoms with Crippen LogP contribution >= 0.6 is 7.82 Å². The van der Waals surface area contributed by atoms with Gasteiger partial charge in [-0.05, 0) is 103 Å². The Labute approximate surface area is 678 Å². The molecule has 3 fully saturated rings. The fourth-order valence-electron chi connectivity index (χ4n) is 14.4. The molecule has 0 aromatic heterocycles. The van der Waals surface area contributed by atoms with Gasteiger partial charge < -0.3 is 88.7 Å². The highest BCUT2D eigenvalue weighted by atomic mass is 31.2. The number of ether oxygens (including phenoxy) is 8. The van der Waals surface area contributed by atoms with Crippen molar-refractivity contribution in [2.75, 3.05) is 26.4 Å². The van der Waals surface area contributed by atoms with Gasteiger partial charge in [-0.3, -0.25) is 28.2 Å². The molecule has 25 nitrogen and oxygen atoms in total. The van der Waals surface area contributed by atoms with E-state index in [9.17, 15) is 74.6 Å². The number of phosphoric acid groups is 1. The minimum atomic E-state index is -5.81. The number of hydrogen-bond acceptors (Lipinski definition) is 24. The Morgan fingerprint density at radius 3 is 1.07 bits per heavy atom. The number of carbonyl (C=O) groups excluding carboxylic acids is 4. The quantitative estimate of drug-likeness (QED) is 0.00889. The van der Waals surface area contributed by atoms with Gasteiger partial charge in [0, 0.05) is 25.7 Å². The van der Waals surface area contributed by atoms with E-state index < -0.39 is 162 Å². The van der Waals surface area contributed by atoms with E-state index in [2.05, 4.69) is 64.2 Å². The van der Waals surface area contributed by atoms with Gasteiger partial charge in [0.15, 0.2) is 24.8 Å². The zero-order valence-electron chi connectivity index (χ0n) is 69.9. The average Bonchev–Trinajstić information content (AvgIpc) is 0.753. The first kappa shape index (κ1) is 104. The fraction of sp³-hybridized carbons (Fsp3) is 0.885. The summed E-state index contributed by atoms with van der Waals surface area (Å²) in [6.07, 6.45) is 26.0. The Morgan fingerprint density at radius 1 is 0.345 bits per heavy atom. The number of carbonyl (C=O) groups is 4. The summed E-state index contributed by atoms with van der Waals surface area (Å²) >= 11 is 0. The van der Waals surface area contributed by atoms with Gasteiger partial charge in [-0.1, -0.05) is 270 Å². The molecule has 3 rings (SSSR count). The van der Waals surface area contributed by atoms with E-state index in [4.69, 9.17) is 46.9 Å². The third-order valence-corrected chi connectivity index (χ3v) is 22.6. The third kappa shape index (κ3) is 47.3. The Bertz CT molecular complexity index is 2510. The molecule has 0 amide bonds. The summed E-state index contributed by atoms with van der Waals surface area (Å²) < 4.78 is 73.2. The third-order valence-electron chi connectivity index (χ3n) is 21.6. The second kappa shape index (κ2) is 66.5. The van der Waals surface area contributed by atoms with Crippen molar-refractivity contribution in [2.24, 2.45) is 0 Å². The number of aliphatic hydroxyl groups excluding tert-OH is 9. The summed E-state index contributed by atoms with van der Waals surface area (Å²) in [6.45, 7) is 5.50. The summed E-state index contributed by atoms with van der Waals surface area (Å²) in [6, 6.07) is 0. The van der Waals surface area contributed by atoms with E-state index in [0.29, 0.717) is 44.9 Å². The topological polar surface area (TPSA) is 380 Å². The summed E-state index contributed by atoms with van der Waals surface area (Å²) in [4.78, 5) is 66.2. The van der Waals surface area contributed by atoms with Gasteiger partial charge in [0.2, 0.25) is 0 Å². The molecule has 0 radical (unpaired) electrons. The number of allylic oxidation sites excluding steroid dienone is 6. The van der Waals surface area contributed by atoms with Gasteiger partial charge in [0.05, 0.1) is 13.2 Å². The summed E-state index contributed by atoms with van der Waals surface area (Å²) in [5.74, 6) is -3.01.